The van der Waals surface area contributed by atoms with Crippen LogP contribution in [0.2, 0.25) is 0 Å². The zero-order valence-electron chi connectivity index (χ0n) is 10.2. The monoisotopic (exact) mass is 233 g/mol. The van der Waals surface area contributed by atoms with Gasteiger partial charge in [-0.15, -0.1) is 0 Å². The fourth-order valence-corrected chi connectivity index (χ4v) is 1.59. The minimum Gasteiger partial charge on any atom is -0.409 e. The Morgan fingerprint density at radius 3 is 2.53 bits per heavy atom. The topological polar surface area (TPSA) is 61.8 Å². The van der Waals surface area contributed by atoms with E-state index in [4.69, 9.17) is 10.9 Å². The van der Waals surface area contributed by atoms with Crippen molar-refractivity contribution >= 4 is 17.6 Å². The maximum Gasteiger partial charge on any atom is 0.144 e. The van der Waals surface area contributed by atoms with Crippen LogP contribution in [0.5, 0.6) is 0 Å². The summed E-state index contributed by atoms with van der Waals surface area (Å²) >= 11 is 1.84. The number of nitrogens with two attached hydrogens (primary N) is 1. The molecule has 0 radical (unpaired) electrons. The van der Waals surface area contributed by atoms with Crippen molar-refractivity contribution in [3.63, 3.8) is 0 Å². The molecule has 0 heterocycles. The molecule has 0 saturated heterocycles. The zero-order valence-corrected chi connectivity index (χ0v) is 11.0. The molecule has 0 amide bonds. The first-order valence-corrected chi connectivity index (χ1v) is 6.49. The molecule has 90 valence electrons. The van der Waals surface area contributed by atoms with Crippen molar-refractivity contribution in [2.75, 3.05) is 32.1 Å². The van der Waals surface area contributed by atoms with E-state index in [-0.39, 0.29) is 5.41 Å². The molecule has 5 heteroatoms. The average Bonchev–Trinajstić information content (AvgIpc) is 2.22. The standard InChI is InChI=1S/C10H23N3OS/c1-10(2,9(11)12-14)5-6-13(3)7-8-15-4/h14H,5-8H2,1-4H3,(H2,11,12). The lowest BCUT2D eigenvalue weighted by molar-refractivity contribution is 0.284. The number of hydrogen-bond acceptors (Lipinski definition) is 4. The molecule has 0 fully saturated rings. The number of nitrogens with zero attached hydrogens (tertiary/aromatic N) is 2. The molecule has 0 aromatic rings. The number of hydrogen-bond donors (Lipinski definition) is 2. The Morgan fingerprint density at radius 1 is 1.47 bits per heavy atom. The summed E-state index contributed by atoms with van der Waals surface area (Å²) < 4.78 is 0. The van der Waals surface area contributed by atoms with Gasteiger partial charge < -0.3 is 15.8 Å². The summed E-state index contributed by atoms with van der Waals surface area (Å²) in [5, 5.41) is 11.7. The summed E-state index contributed by atoms with van der Waals surface area (Å²) in [4.78, 5) is 2.27. The van der Waals surface area contributed by atoms with Crippen LogP contribution >= 0.6 is 11.8 Å². The van der Waals surface area contributed by atoms with Crippen LogP contribution in [0.4, 0.5) is 0 Å². The minimum atomic E-state index is -0.234. The summed E-state index contributed by atoms with van der Waals surface area (Å²) in [6.45, 7) is 6.02. The van der Waals surface area contributed by atoms with Crippen molar-refractivity contribution < 1.29 is 5.21 Å². The Hall–Kier alpha value is -0.420. The second kappa shape index (κ2) is 6.95. The van der Waals surface area contributed by atoms with E-state index in [1.54, 1.807) is 0 Å². The maximum atomic E-state index is 8.62. The van der Waals surface area contributed by atoms with Crippen molar-refractivity contribution in [3.05, 3.63) is 0 Å². The highest BCUT2D eigenvalue weighted by molar-refractivity contribution is 7.98. The van der Waals surface area contributed by atoms with Gasteiger partial charge in [0.15, 0.2) is 0 Å². The highest BCUT2D eigenvalue weighted by Gasteiger charge is 2.23. The van der Waals surface area contributed by atoms with E-state index in [2.05, 4.69) is 23.4 Å². The second-order valence-electron chi connectivity index (χ2n) is 4.42. The molecule has 0 bridgehead atoms. The molecule has 0 saturated carbocycles. The molecule has 4 nitrogen and oxygen atoms in total. The molecular weight excluding hydrogens is 210 g/mol. The first-order valence-electron chi connectivity index (χ1n) is 5.09. The largest absolute Gasteiger partial charge is 0.409 e. The van der Waals surface area contributed by atoms with Crippen LogP contribution < -0.4 is 5.73 Å². The Morgan fingerprint density at radius 2 is 2.07 bits per heavy atom. The molecule has 15 heavy (non-hydrogen) atoms. The third kappa shape index (κ3) is 5.89. The average molecular weight is 233 g/mol. The van der Waals surface area contributed by atoms with E-state index >= 15 is 0 Å². The van der Waals surface area contributed by atoms with Crippen molar-refractivity contribution in [2.45, 2.75) is 20.3 Å². The normalized spacial score (nSPS) is 13.5. The van der Waals surface area contributed by atoms with Gasteiger partial charge in [0, 0.05) is 17.7 Å². The van der Waals surface area contributed by atoms with E-state index in [0.717, 1.165) is 25.3 Å². The molecule has 0 atom stereocenters. The van der Waals surface area contributed by atoms with Gasteiger partial charge in [-0.25, -0.2) is 0 Å². The first kappa shape index (κ1) is 14.6. The number of rotatable bonds is 7. The predicted molar refractivity (Wildman–Crippen MR) is 67.7 cm³/mol. The van der Waals surface area contributed by atoms with Crippen LogP contribution in [0.25, 0.3) is 0 Å². The molecule has 0 aliphatic carbocycles. The van der Waals surface area contributed by atoms with E-state index in [9.17, 15) is 0 Å². The van der Waals surface area contributed by atoms with Crippen molar-refractivity contribution in [1.82, 2.24) is 4.90 Å². The van der Waals surface area contributed by atoms with Gasteiger partial charge in [0.2, 0.25) is 0 Å². The summed E-state index contributed by atoms with van der Waals surface area (Å²) in [7, 11) is 2.10. The fourth-order valence-electron chi connectivity index (χ4n) is 1.09. The first-order chi connectivity index (χ1) is 6.94. The predicted octanol–water partition coefficient (Wildman–Crippen LogP) is 1.44. The van der Waals surface area contributed by atoms with Crippen LogP contribution in [0.3, 0.4) is 0 Å². The molecule has 0 aliphatic rings. The third-order valence-corrected chi connectivity index (χ3v) is 3.19. The maximum absolute atomic E-state index is 8.62. The highest BCUT2D eigenvalue weighted by atomic mass is 32.2. The van der Waals surface area contributed by atoms with Gasteiger partial charge >= 0.3 is 0 Å². The molecule has 0 aromatic carbocycles. The Bertz CT molecular complexity index is 207. The van der Waals surface area contributed by atoms with E-state index in [1.807, 2.05) is 25.6 Å². The summed E-state index contributed by atoms with van der Waals surface area (Å²) in [5.41, 5.74) is 5.38. The Kier molecular flexibility index (Phi) is 6.76. The fraction of sp³-hybridized carbons (Fsp3) is 0.900. The van der Waals surface area contributed by atoms with Gasteiger partial charge in [0.1, 0.15) is 5.84 Å². The van der Waals surface area contributed by atoms with Crippen LogP contribution in [0.1, 0.15) is 20.3 Å². The van der Waals surface area contributed by atoms with Crippen molar-refractivity contribution in [3.8, 4) is 0 Å². The third-order valence-electron chi connectivity index (χ3n) is 2.60. The molecule has 3 N–H and O–H groups in total. The SMILES string of the molecule is CSCCN(C)CCC(C)(C)C(N)=NO. The molecule has 0 aromatic heterocycles. The summed E-state index contributed by atoms with van der Waals surface area (Å²) in [6.07, 6.45) is 3.00. The second-order valence-corrected chi connectivity index (χ2v) is 5.40. The van der Waals surface area contributed by atoms with Gasteiger partial charge in [0.25, 0.3) is 0 Å². The van der Waals surface area contributed by atoms with Crippen LogP contribution in [0, 0.1) is 5.41 Å². The van der Waals surface area contributed by atoms with Crippen LogP contribution in [-0.2, 0) is 0 Å². The molecule has 0 unspecified atom stereocenters. The molecule has 0 rings (SSSR count). The lowest BCUT2D eigenvalue weighted by atomic mass is 9.88. The van der Waals surface area contributed by atoms with Crippen LogP contribution in [0.15, 0.2) is 5.16 Å². The summed E-state index contributed by atoms with van der Waals surface area (Å²) in [6, 6.07) is 0. The van der Waals surface area contributed by atoms with Crippen molar-refractivity contribution in [1.29, 1.82) is 0 Å². The zero-order chi connectivity index (χ0) is 11.9. The van der Waals surface area contributed by atoms with Gasteiger partial charge in [0.05, 0.1) is 0 Å². The van der Waals surface area contributed by atoms with Crippen molar-refractivity contribution in [2.24, 2.45) is 16.3 Å². The smallest absolute Gasteiger partial charge is 0.144 e. The van der Waals surface area contributed by atoms with E-state index in [1.165, 1.54) is 0 Å². The van der Waals surface area contributed by atoms with Gasteiger partial charge in [-0.05, 0) is 26.3 Å². The molecule has 0 spiro atoms. The van der Waals surface area contributed by atoms with Gasteiger partial charge in [-0.2, -0.15) is 11.8 Å². The lowest BCUT2D eigenvalue weighted by Crippen LogP contribution is -2.35. The van der Waals surface area contributed by atoms with Gasteiger partial charge in [-0.3, -0.25) is 0 Å². The summed E-state index contributed by atoms with van der Waals surface area (Å²) in [5.74, 6) is 1.45. The quantitative estimate of drug-likeness (QED) is 0.302. The Balaban J connectivity index is 3.93. The molecular formula is C10H23N3OS. The van der Waals surface area contributed by atoms with Crippen LogP contribution in [-0.4, -0.2) is 48.1 Å². The lowest BCUT2D eigenvalue weighted by Gasteiger charge is -2.26. The minimum absolute atomic E-state index is 0.234. The number of amidine groups is 1. The van der Waals surface area contributed by atoms with Gasteiger partial charge in [-0.1, -0.05) is 19.0 Å². The number of thioether (sulfide) groups is 1. The molecule has 0 aliphatic heterocycles. The Labute approximate surface area is 96.9 Å². The van der Waals surface area contributed by atoms with E-state index in [0.29, 0.717) is 5.84 Å². The highest BCUT2D eigenvalue weighted by Crippen LogP contribution is 2.20. The van der Waals surface area contributed by atoms with E-state index < -0.39 is 0 Å². The number of oxime groups is 1.